The SMILES string of the molecule is Cc1cc(-[s+]2cc(C)c3ccccc32)cc(C)c1OCC(=O)OC(C)(C)c1ccc(OC(F)(F)F)cc1. The van der Waals surface area contributed by atoms with Crippen molar-refractivity contribution >= 4 is 26.5 Å². The second-order valence-electron chi connectivity index (χ2n) is 9.37. The molecular weight excluding hydrogens is 501 g/mol. The molecule has 3 aromatic carbocycles. The fourth-order valence-corrected chi connectivity index (χ4v) is 6.61. The fraction of sp³-hybridized carbons (Fsp3) is 0.276. The Morgan fingerprint density at radius 1 is 0.892 bits per heavy atom. The Morgan fingerprint density at radius 3 is 2.14 bits per heavy atom. The lowest BCUT2D eigenvalue weighted by Crippen LogP contribution is -2.28. The second-order valence-corrected chi connectivity index (χ2v) is 11.2. The normalized spacial score (nSPS) is 12.5. The van der Waals surface area contributed by atoms with Crippen molar-refractivity contribution in [3.05, 3.63) is 88.3 Å². The van der Waals surface area contributed by atoms with Gasteiger partial charge in [0, 0.05) is 33.6 Å². The highest BCUT2D eigenvalue weighted by molar-refractivity contribution is 7.43. The summed E-state index contributed by atoms with van der Waals surface area (Å²) in [6, 6.07) is 17.8. The minimum absolute atomic E-state index is 0.160. The van der Waals surface area contributed by atoms with Crippen molar-refractivity contribution < 1.29 is 32.2 Å². The predicted octanol–water partition coefficient (Wildman–Crippen LogP) is 8.26. The molecule has 0 spiro atoms. The molecule has 0 aliphatic carbocycles. The summed E-state index contributed by atoms with van der Waals surface area (Å²) < 4.78 is 53.8. The zero-order valence-electron chi connectivity index (χ0n) is 21.2. The summed E-state index contributed by atoms with van der Waals surface area (Å²) in [6.45, 7) is 9.05. The van der Waals surface area contributed by atoms with Crippen molar-refractivity contribution in [2.24, 2.45) is 0 Å². The largest absolute Gasteiger partial charge is 0.573 e. The molecule has 4 rings (SSSR count). The minimum atomic E-state index is -4.77. The smallest absolute Gasteiger partial charge is 0.481 e. The summed E-state index contributed by atoms with van der Waals surface area (Å²) in [7, 11) is -0.160. The number of aryl methyl sites for hydroxylation is 3. The lowest BCUT2D eigenvalue weighted by molar-refractivity contribution is -0.274. The lowest BCUT2D eigenvalue weighted by Gasteiger charge is -2.26. The van der Waals surface area contributed by atoms with E-state index in [1.54, 1.807) is 13.8 Å². The Hall–Kier alpha value is -3.52. The van der Waals surface area contributed by atoms with E-state index < -0.39 is 17.9 Å². The van der Waals surface area contributed by atoms with Crippen LogP contribution in [0.25, 0.3) is 15.0 Å². The summed E-state index contributed by atoms with van der Waals surface area (Å²) >= 11 is 0. The van der Waals surface area contributed by atoms with Gasteiger partial charge in [0.25, 0.3) is 0 Å². The highest BCUT2D eigenvalue weighted by atomic mass is 32.2. The van der Waals surface area contributed by atoms with E-state index in [4.69, 9.17) is 9.47 Å². The van der Waals surface area contributed by atoms with Gasteiger partial charge in [0.1, 0.15) is 22.5 Å². The number of ether oxygens (including phenoxy) is 3. The summed E-state index contributed by atoms with van der Waals surface area (Å²) in [5, 5.41) is 3.56. The number of hydrogen-bond donors (Lipinski definition) is 0. The third-order valence-electron chi connectivity index (χ3n) is 6.02. The van der Waals surface area contributed by atoms with Crippen LogP contribution in [-0.2, 0) is 15.1 Å². The molecule has 0 amide bonds. The van der Waals surface area contributed by atoms with Crippen LogP contribution in [0.1, 0.15) is 36.1 Å². The molecule has 37 heavy (non-hydrogen) atoms. The molecular formula is C29H28F3O4S+. The molecule has 0 N–H and O–H groups in total. The van der Waals surface area contributed by atoms with Crippen LogP contribution in [0.3, 0.4) is 0 Å². The molecule has 1 unspecified atom stereocenters. The molecule has 1 aromatic heterocycles. The first-order valence-corrected chi connectivity index (χ1v) is 13.0. The molecule has 0 aliphatic heterocycles. The Morgan fingerprint density at radius 2 is 1.51 bits per heavy atom. The van der Waals surface area contributed by atoms with E-state index in [1.165, 1.54) is 44.8 Å². The van der Waals surface area contributed by atoms with Crippen molar-refractivity contribution in [2.45, 2.75) is 46.6 Å². The van der Waals surface area contributed by atoms with Gasteiger partial charge in [0.15, 0.2) is 16.2 Å². The summed E-state index contributed by atoms with van der Waals surface area (Å²) in [5.41, 5.74) is 2.55. The number of alkyl halides is 3. The molecule has 8 heteroatoms. The van der Waals surface area contributed by atoms with Crippen LogP contribution in [0, 0.1) is 20.8 Å². The Kier molecular flexibility index (Phi) is 7.24. The molecule has 194 valence electrons. The van der Waals surface area contributed by atoms with E-state index in [0.717, 1.165) is 11.1 Å². The molecule has 0 saturated heterocycles. The zero-order valence-corrected chi connectivity index (χ0v) is 22.0. The number of hydrogen-bond acceptors (Lipinski definition) is 4. The van der Waals surface area contributed by atoms with E-state index in [2.05, 4.69) is 47.4 Å². The number of carbonyl (C=O) groups is 1. The van der Waals surface area contributed by atoms with Gasteiger partial charge in [-0.1, -0.05) is 24.3 Å². The quantitative estimate of drug-likeness (QED) is 0.179. The topological polar surface area (TPSA) is 44.8 Å². The summed E-state index contributed by atoms with van der Waals surface area (Å²) in [5.74, 6) is -0.305. The van der Waals surface area contributed by atoms with Crippen LogP contribution in [0.4, 0.5) is 13.2 Å². The average Bonchev–Trinajstić information content (AvgIpc) is 3.14. The summed E-state index contributed by atoms with van der Waals surface area (Å²) in [6.07, 6.45) is -4.77. The van der Waals surface area contributed by atoms with Gasteiger partial charge in [-0.2, -0.15) is 0 Å². The molecule has 0 radical (unpaired) electrons. The minimum Gasteiger partial charge on any atom is -0.481 e. The number of rotatable bonds is 7. The molecule has 1 atom stereocenters. The number of carbonyl (C=O) groups excluding carboxylic acids is 1. The van der Waals surface area contributed by atoms with Gasteiger partial charge in [-0.15, -0.1) is 13.2 Å². The van der Waals surface area contributed by atoms with E-state index in [-0.39, 0.29) is 22.8 Å². The summed E-state index contributed by atoms with van der Waals surface area (Å²) in [4.78, 5) is 13.8. The molecule has 0 fully saturated rings. The highest BCUT2D eigenvalue weighted by Crippen LogP contribution is 2.44. The third kappa shape index (κ3) is 6.07. The van der Waals surface area contributed by atoms with Gasteiger partial charge in [-0.3, -0.25) is 0 Å². The standard InChI is InChI=1S/C29H28F3O4S/c1-18-14-23(37-17-20(3)24-8-6-7-9-25(24)37)15-19(2)27(18)34-16-26(33)36-28(4,5)21-10-12-22(13-11-21)35-29(30,31)32/h6-15,17H,16H2,1-5H3/q+1. The molecule has 4 nitrogen and oxygen atoms in total. The van der Waals surface area contributed by atoms with E-state index in [0.29, 0.717) is 11.3 Å². The maximum absolute atomic E-state index is 12.6. The molecule has 0 bridgehead atoms. The van der Waals surface area contributed by atoms with Crippen LogP contribution in [0.2, 0.25) is 0 Å². The van der Waals surface area contributed by atoms with E-state index >= 15 is 0 Å². The van der Waals surface area contributed by atoms with Crippen LogP contribution < -0.4 is 9.47 Å². The van der Waals surface area contributed by atoms with Gasteiger partial charge < -0.3 is 14.2 Å². The maximum Gasteiger partial charge on any atom is 0.573 e. The predicted molar refractivity (Wildman–Crippen MR) is 140 cm³/mol. The highest BCUT2D eigenvalue weighted by Gasteiger charge is 2.32. The molecule has 4 aromatic rings. The Bertz CT molecular complexity index is 1410. The van der Waals surface area contributed by atoms with Gasteiger partial charge in [0.2, 0.25) is 0 Å². The zero-order chi connectivity index (χ0) is 27.0. The van der Waals surface area contributed by atoms with Gasteiger partial charge in [-0.05, 0) is 75.6 Å². The second kappa shape index (κ2) is 10.1. The first kappa shape index (κ1) is 26.5. The Balaban J connectivity index is 1.44. The fourth-order valence-electron chi connectivity index (χ4n) is 4.31. The van der Waals surface area contributed by atoms with Crippen LogP contribution in [-0.4, -0.2) is 18.9 Å². The van der Waals surface area contributed by atoms with Crippen LogP contribution in [0.5, 0.6) is 11.5 Å². The maximum atomic E-state index is 12.6. The Labute approximate surface area is 216 Å². The number of fused-ring (bicyclic) bond motifs is 1. The molecule has 1 heterocycles. The number of benzene rings is 3. The van der Waals surface area contributed by atoms with E-state index in [9.17, 15) is 18.0 Å². The average molecular weight is 530 g/mol. The van der Waals surface area contributed by atoms with Crippen LogP contribution >= 0.6 is 10.5 Å². The third-order valence-corrected chi connectivity index (χ3v) is 8.18. The molecule has 0 aliphatic rings. The monoisotopic (exact) mass is 529 g/mol. The van der Waals surface area contributed by atoms with E-state index in [1.807, 2.05) is 19.9 Å². The molecule has 0 saturated carbocycles. The van der Waals surface area contributed by atoms with Crippen molar-refractivity contribution in [1.29, 1.82) is 0 Å². The van der Waals surface area contributed by atoms with Gasteiger partial charge in [0.05, 0.1) is 0 Å². The first-order chi connectivity index (χ1) is 17.3. The van der Waals surface area contributed by atoms with Gasteiger partial charge in [-0.25, -0.2) is 4.79 Å². The lowest BCUT2D eigenvalue weighted by atomic mass is 9.98. The number of thiophene rings is 1. The number of esters is 1. The van der Waals surface area contributed by atoms with Crippen molar-refractivity contribution in [2.75, 3.05) is 6.61 Å². The van der Waals surface area contributed by atoms with Crippen LogP contribution in [0.15, 0.2) is 66.0 Å². The van der Waals surface area contributed by atoms with Crippen molar-refractivity contribution in [3.63, 3.8) is 0 Å². The first-order valence-electron chi connectivity index (χ1n) is 11.7. The van der Waals surface area contributed by atoms with Crippen molar-refractivity contribution in [1.82, 2.24) is 0 Å². The van der Waals surface area contributed by atoms with Crippen molar-refractivity contribution in [3.8, 4) is 16.4 Å². The van der Waals surface area contributed by atoms with Gasteiger partial charge >= 0.3 is 12.3 Å². The number of halogens is 3.